The predicted molar refractivity (Wildman–Crippen MR) is 121 cm³/mol. The number of benzene rings is 1. The van der Waals surface area contributed by atoms with Crippen LogP contribution in [0.2, 0.25) is 0 Å². The lowest BCUT2D eigenvalue weighted by Crippen LogP contribution is -2.48. The van der Waals surface area contributed by atoms with Crippen molar-refractivity contribution in [1.29, 1.82) is 0 Å². The molecule has 0 spiro atoms. The van der Waals surface area contributed by atoms with E-state index in [0.29, 0.717) is 23.4 Å². The lowest BCUT2D eigenvalue weighted by atomic mass is 10.1. The van der Waals surface area contributed by atoms with Gasteiger partial charge in [-0.2, -0.15) is 0 Å². The maximum Gasteiger partial charge on any atom is 0.264 e. The van der Waals surface area contributed by atoms with Gasteiger partial charge in [-0.1, -0.05) is 24.6 Å². The Bertz CT molecular complexity index is 1140. The summed E-state index contributed by atoms with van der Waals surface area (Å²) in [5.74, 6) is 0.907. The van der Waals surface area contributed by atoms with Crippen LogP contribution in [-0.2, 0) is 13.0 Å². The maximum atomic E-state index is 13.3. The first kappa shape index (κ1) is 19.3. The van der Waals surface area contributed by atoms with Gasteiger partial charge in [-0.15, -0.1) is 11.3 Å². The first-order chi connectivity index (χ1) is 14.6. The summed E-state index contributed by atoms with van der Waals surface area (Å²) in [6, 6.07) is 10.3. The van der Waals surface area contributed by atoms with Crippen molar-refractivity contribution in [2.45, 2.75) is 39.2 Å². The van der Waals surface area contributed by atoms with Gasteiger partial charge in [0.05, 0.1) is 10.3 Å². The number of para-hydroxylation sites is 1. The Morgan fingerprint density at radius 3 is 2.53 bits per heavy atom. The summed E-state index contributed by atoms with van der Waals surface area (Å²) in [4.78, 5) is 36.9. The van der Waals surface area contributed by atoms with Gasteiger partial charge in [-0.05, 0) is 37.5 Å². The number of fused-ring (bicyclic) bond motifs is 2. The second kappa shape index (κ2) is 7.87. The molecule has 156 valence electrons. The highest BCUT2D eigenvalue weighted by Crippen LogP contribution is 2.30. The molecule has 6 nitrogen and oxygen atoms in total. The highest BCUT2D eigenvalue weighted by Gasteiger charge is 2.27. The molecule has 0 bridgehead atoms. The monoisotopic (exact) mass is 422 g/mol. The fraction of sp³-hybridized carbons (Fsp3) is 0.435. The molecule has 1 saturated heterocycles. The normalized spacial score (nSPS) is 17.1. The molecule has 3 aromatic rings. The Hall–Kier alpha value is -2.67. The molecule has 0 radical (unpaired) electrons. The van der Waals surface area contributed by atoms with Crippen LogP contribution in [0.4, 0.5) is 5.69 Å². The first-order valence-corrected chi connectivity index (χ1v) is 11.6. The van der Waals surface area contributed by atoms with Gasteiger partial charge in [0.1, 0.15) is 10.7 Å². The van der Waals surface area contributed by atoms with Gasteiger partial charge in [0.25, 0.3) is 11.5 Å². The van der Waals surface area contributed by atoms with E-state index in [1.54, 1.807) is 0 Å². The Kier molecular flexibility index (Phi) is 5.06. The number of thiophene rings is 1. The number of anilines is 1. The summed E-state index contributed by atoms with van der Waals surface area (Å²) in [6.07, 6.45) is 4.06. The number of aryl methyl sites for hydroxylation is 2. The quantitative estimate of drug-likeness (QED) is 0.635. The molecule has 0 unspecified atom stereocenters. The highest BCUT2D eigenvalue weighted by molar-refractivity contribution is 7.20. The number of hydrogen-bond donors (Lipinski definition) is 0. The van der Waals surface area contributed by atoms with E-state index in [1.807, 2.05) is 34.6 Å². The third-order valence-corrected chi connectivity index (χ3v) is 7.47. The summed E-state index contributed by atoms with van der Waals surface area (Å²) < 4.78 is 1.84. The van der Waals surface area contributed by atoms with E-state index in [4.69, 9.17) is 4.98 Å². The second-order valence-corrected chi connectivity index (χ2v) is 9.15. The summed E-state index contributed by atoms with van der Waals surface area (Å²) in [5.41, 5.74) is 2.02. The van der Waals surface area contributed by atoms with Gasteiger partial charge in [-0.3, -0.25) is 14.2 Å². The number of carbonyl (C=O) groups excluding carboxylic acids is 1. The average Bonchev–Trinajstić information content (AvgIpc) is 2.95. The zero-order valence-electron chi connectivity index (χ0n) is 17.3. The summed E-state index contributed by atoms with van der Waals surface area (Å²) in [5, 5.41) is 0.636. The van der Waals surface area contributed by atoms with Gasteiger partial charge in [0.2, 0.25) is 0 Å². The van der Waals surface area contributed by atoms with Gasteiger partial charge in [-0.25, -0.2) is 4.98 Å². The number of nitrogens with zero attached hydrogens (tertiary/aromatic N) is 4. The van der Waals surface area contributed by atoms with Crippen molar-refractivity contribution in [2.75, 3.05) is 31.1 Å². The molecule has 0 saturated carbocycles. The minimum Gasteiger partial charge on any atom is -0.368 e. The molecule has 0 atom stereocenters. The lowest BCUT2D eigenvalue weighted by molar-refractivity contribution is 0.0751. The molecule has 0 N–H and O–H groups in total. The van der Waals surface area contributed by atoms with Crippen LogP contribution in [0.25, 0.3) is 10.2 Å². The van der Waals surface area contributed by atoms with Crippen molar-refractivity contribution >= 4 is 33.1 Å². The number of piperazine rings is 1. The molecule has 1 amide bonds. The van der Waals surface area contributed by atoms with Crippen LogP contribution in [-0.4, -0.2) is 46.5 Å². The molecule has 5 rings (SSSR count). The van der Waals surface area contributed by atoms with E-state index < -0.39 is 0 Å². The van der Waals surface area contributed by atoms with E-state index in [0.717, 1.165) is 61.5 Å². The third-order valence-electron chi connectivity index (χ3n) is 6.29. The second-order valence-electron chi connectivity index (χ2n) is 8.15. The van der Waals surface area contributed by atoms with Crippen LogP contribution < -0.4 is 10.5 Å². The Morgan fingerprint density at radius 1 is 1.00 bits per heavy atom. The largest absolute Gasteiger partial charge is 0.368 e. The Balaban J connectivity index is 1.41. The molecule has 1 aromatic carbocycles. The molecule has 2 aromatic heterocycles. The van der Waals surface area contributed by atoms with Crippen molar-refractivity contribution in [3.63, 3.8) is 0 Å². The minimum atomic E-state index is 0.0265. The molecular formula is C23H26N4O2S. The summed E-state index contributed by atoms with van der Waals surface area (Å²) >= 11 is 1.39. The Morgan fingerprint density at radius 2 is 1.77 bits per heavy atom. The smallest absolute Gasteiger partial charge is 0.264 e. The standard InChI is InChI=1S/C23H26N4O2S/c1-16-19-21(24-18-10-6-3-7-11-27(18)22(19)28)30-20(16)23(29)26-14-12-25(13-15-26)17-8-4-2-5-9-17/h2,4-5,8-9H,3,6-7,10-15H2,1H3. The van der Waals surface area contributed by atoms with Crippen LogP contribution in [0.3, 0.4) is 0 Å². The van der Waals surface area contributed by atoms with Crippen LogP contribution in [0.1, 0.15) is 40.3 Å². The molecule has 30 heavy (non-hydrogen) atoms. The van der Waals surface area contributed by atoms with Crippen molar-refractivity contribution in [1.82, 2.24) is 14.5 Å². The molecular weight excluding hydrogens is 396 g/mol. The van der Waals surface area contributed by atoms with Crippen LogP contribution in [0.5, 0.6) is 0 Å². The summed E-state index contributed by atoms with van der Waals surface area (Å²) in [7, 11) is 0. The lowest BCUT2D eigenvalue weighted by Gasteiger charge is -2.36. The van der Waals surface area contributed by atoms with Crippen molar-refractivity contribution in [2.24, 2.45) is 0 Å². The van der Waals surface area contributed by atoms with E-state index >= 15 is 0 Å². The van der Waals surface area contributed by atoms with Gasteiger partial charge in [0.15, 0.2) is 0 Å². The van der Waals surface area contributed by atoms with Crippen molar-refractivity contribution in [3.05, 3.63) is 57.0 Å². The number of hydrogen-bond acceptors (Lipinski definition) is 5. The van der Waals surface area contributed by atoms with Crippen molar-refractivity contribution < 1.29 is 4.79 Å². The zero-order chi connectivity index (χ0) is 20.7. The molecule has 1 fully saturated rings. The zero-order valence-corrected chi connectivity index (χ0v) is 18.1. The fourth-order valence-electron chi connectivity index (χ4n) is 4.56. The van der Waals surface area contributed by atoms with Crippen LogP contribution in [0, 0.1) is 6.92 Å². The van der Waals surface area contributed by atoms with E-state index in [9.17, 15) is 9.59 Å². The predicted octanol–water partition coefficient (Wildman–Crippen LogP) is 3.46. The SMILES string of the molecule is Cc1c(C(=O)N2CCN(c3ccccc3)CC2)sc2nc3n(c(=O)c12)CCCCC3. The van der Waals surface area contributed by atoms with Gasteiger partial charge < -0.3 is 9.80 Å². The maximum absolute atomic E-state index is 13.3. The third kappa shape index (κ3) is 3.31. The average molecular weight is 423 g/mol. The minimum absolute atomic E-state index is 0.0265. The summed E-state index contributed by atoms with van der Waals surface area (Å²) in [6.45, 7) is 5.63. The number of amides is 1. The Labute approximate surface area is 179 Å². The van der Waals surface area contributed by atoms with E-state index in [-0.39, 0.29) is 11.5 Å². The number of carbonyl (C=O) groups is 1. The number of rotatable bonds is 2. The highest BCUT2D eigenvalue weighted by atomic mass is 32.1. The van der Waals surface area contributed by atoms with Gasteiger partial charge >= 0.3 is 0 Å². The van der Waals surface area contributed by atoms with Crippen LogP contribution >= 0.6 is 11.3 Å². The molecule has 4 heterocycles. The van der Waals surface area contributed by atoms with Crippen LogP contribution in [0.15, 0.2) is 35.1 Å². The van der Waals surface area contributed by atoms with Gasteiger partial charge in [0, 0.05) is 44.8 Å². The molecule has 0 aliphatic carbocycles. The number of aromatic nitrogens is 2. The molecule has 2 aliphatic rings. The van der Waals surface area contributed by atoms with Crippen molar-refractivity contribution in [3.8, 4) is 0 Å². The van der Waals surface area contributed by atoms with E-state index in [1.165, 1.54) is 17.0 Å². The first-order valence-electron chi connectivity index (χ1n) is 10.8. The topological polar surface area (TPSA) is 58.4 Å². The molecule has 7 heteroatoms. The molecule has 2 aliphatic heterocycles. The van der Waals surface area contributed by atoms with E-state index in [2.05, 4.69) is 17.0 Å². The fourth-order valence-corrected chi connectivity index (χ4v) is 5.72.